The van der Waals surface area contributed by atoms with Gasteiger partial charge in [0.1, 0.15) is 5.82 Å². The predicted molar refractivity (Wildman–Crippen MR) is 87.8 cm³/mol. The summed E-state index contributed by atoms with van der Waals surface area (Å²) in [7, 11) is 0. The van der Waals surface area contributed by atoms with Crippen LogP contribution in [0.3, 0.4) is 0 Å². The zero-order chi connectivity index (χ0) is 15.2. The van der Waals surface area contributed by atoms with Gasteiger partial charge in [0.25, 0.3) is 0 Å². The summed E-state index contributed by atoms with van der Waals surface area (Å²) in [5.41, 5.74) is 8.66. The van der Waals surface area contributed by atoms with E-state index < -0.39 is 0 Å². The molecule has 1 aliphatic carbocycles. The minimum absolute atomic E-state index is 0.147. The van der Waals surface area contributed by atoms with Crippen LogP contribution in [0.25, 0.3) is 0 Å². The molecular weight excluding hydrogens is 261 g/mol. The molecule has 0 radical (unpaired) electrons. The Labute approximate surface area is 129 Å². The molecule has 0 heterocycles. The van der Waals surface area contributed by atoms with Gasteiger partial charge in [0.2, 0.25) is 0 Å². The van der Waals surface area contributed by atoms with Gasteiger partial charge in [-0.2, -0.15) is 0 Å². The van der Waals surface area contributed by atoms with Crippen molar-refractivity contribution in [3.8, 4) is 0 Å². The lowest BCUT2D eigenvalue weighted by molar-refractivity contribution is 0.230. The molecule has 1 aromatic carbocycles. The molecule has 2 heteroatoms. The minimum Gasteiger partial charge on any atom is -0.327 e. The monoisotopic (exact) mass is 291 g/mol. The summed E-state index contributed by atoms with van der Waals surface area (Å²) in [6, 6.07) is 5.22. The molecule has 2 N–H and O–H groups in total. The second-order valence-electron chi connectivity index (χ2n) is 6.86. The molecule has 0 aliphatic heterocycles. The Kier molecular flexibility index (Phi) is 6.22. The van der Waals surface area contributed by atoms with Crippen LogP contribution in [-0.2, 0) is 6.42 Å². The maximum Gasteiger partial charge on any atom is 0.123 e. The van der Waals surface area contributed by atoms with Crippen LogP contribution in [0.2, 0.25) is 0 Å². The average Bonchev–Trinajstić information content (AvgIpc) is 2.49. The van der Waals surface area contributed by atoms with Crippen molar-refractivity contribution >= 4 is 0 Å². The number of benzene rings is 1. The number of unbranched alkanes of at least 4 members (excludes halogenated alkanes) is 1. The molecule has 1 aliphatic rings. The van der Waals surface area contributed by atoms with E-state index >= 15 is 0 Å². The minimum atomic E-state index is -0.147. The molecule has 1 saturated carbocycles. The lowest BCUT2D eigenvalue weighted by Gasteiger charge is -2.32. The summed E-state index contributed by atoms with van der Waals surface area (Å²) in [5.74, 6) is 1.39. The molecule has 0 amide bonds. The van der Waals surface area contributed by atoms with Crippen molar-refractivity contribution < 1.29 is 4.39 Å². The fourth-order valence-electron chi connectivity index (χ4n) is 3.68. The van der Waals surface area contributed by atoms with Gasteiger partial charge in [-0.1, -0.05) is 45.1 Å². The highest BCUT2D eigenvalue weighted by Crippen LogP contribution is 2.34. The van der Waals surface area contributed by atoms with Gasteiger partial charge in [-0.15, -0.1) is 0 Å². The van der Waals surface area contributed by atoms with Crippen LogP contribution < -0.4 is 5.73 Å². The van der Waals surface area contributed by atoms with Crippen LogP contribution in [0.5, 0.6) is 0 Å². The van der Waals surface area contributed by atoms with Crippen molar-refractivity contribution in [2.75, 3.05) is 0 Å². The van der Waals surface area contributed by atoms with Crippen molar-refractivity contribution in [2.24, 2.45) is 17.6 Å². The van der Waals surface area contributed by atoms with Gasteiger partial charge >= 0.3 is 0 Å². The third-order valence-corrected chi connectivity index (χ3v) is 5.23. The molecule has 1 unspecified atom stereocenters. The summed E-state index contributed by atoms with van der Waals surface area (Å²) in [4.78, 5) is 0. The van der Waals surface area contributed by atoms with E-state index in [1.54, 1.807) is 6.07 Å². The molecule has 21 heavy (non-hydrogen) atoms. The molecule has 1 atom stereocenters. The van der Waals surface area contributed by atoms with E-state index in [0.29, 0.717) is 5.92 Å². The molecule has 0 bridgehead atoms. The molecule has 0 saturated heterocycles. The fraction of sp³-hybridized carbons (Fsp3) is 0.684. The molecule has 1 aromatic rings. The highest BCUT2D eigenvalue weighted by atomic mass is 19.1. The Morgan fingerprint density at radius 1 is 1.24 bits per heavy atom. The van der Waals surface area contributed by atoms with Gasteiger partial charge in [0.05, 0.1) is 0 Å². The van der Waals surface area contributed by atoms with E-state index in [1.165, 1.54) is 51.0 Å². The Bertz CT molecular complexity index is 435. The molecule has 1 nitrogen and oxygen atoms in total. The zero-order valence-electron chi connectivity index (χ0n) is 13.6. The fourth-order valence-corrected chi connectivity index (χ4v) is 3.68. The molecule has 1 fully saturated rings. The molecule has 0 aromatic heterocycles. The second-order valence-corrected chi connectivity index (χ2v) is 6.86. The van der Waals surface area contributed by atoms with Gasteiger partial charge in [-0.3, -0.25) is 0 Å². The largest absolute Gasteiger partial charge is 0.327 e. The van der Waals surface area contributed by atoms with Crippen LogP contribution in [0, 0.1) is 24.6 Å². The SMILES string of the molecule is CCCCC1CCC(C(N)Cc2cc(F)ccc2C)CC1. The van der Waals surface area contributed by atoms with Crippen LogP contribution in [0.4, 0.5) is 4.39 Å². The van der Waals surface area contributed by atoms with Crippen molar-refractivity contribution in [1.82, 2.24) is 0 Å². The third kappa shape index (κ3) is 4.81. The van der Waals surface area contributed by atoms with Gasteiger partial charge in [0, 0.05) is 6.04 Å². The van der Waals surface area contributed by atoms with Crippen molar-refractivity contribution in [3.05, 3.63) is 35.1 Å². The van der Waals surface area contributed by atoms with Gasteiger partial charge in [0.15, 0.2) is 0 Å². The summed E-state index contributed by atoms with van der Waals surface area (Å²) < 4.78 is 13.4. The van der Waals surface area contributed by atoms with E-state index in [2.05, 4.69) is 6.92 Å². The van der Waals surface area contributed by atoms with Crippen LogP contribution in [0.15, 0.2) is 18.2 Å². The Morgan fingerprint density at radius 3 is 2.62 bits per heavy atom. The Balaban J connectivity index is 1.84. The van der Waals surface area contributed by atoms with E-state index in [-0.39, 0.29) is 11.9 Å². The molecule has 2 rings (SSSR count). The van der Waals surface area contributed by atoms with E-state index in [9.17, 15) is 4.39 Å². The number of aryl methyl sites for hydroxylation is 1. The first kappa shape index (κ1) is 16.5. The number of nitrogens with two attached hydrogens (primary N) is 1. The van der Waals surface area contributed by atoms with Gasteiger partial charge in [-0.05, 0) is 61.3 Å². The molecule has 118 valence electrons. The van der Waals surface area contributed by atoms with E-state index in [0.717, 1.165) is 23.5 Å². The van der Waals surface area contributed by atoms with Crippen molar-refractivity contribution in [2.45, 2.75) is 71.3 Å². The summed E-state index contributed by atoms with van der Waals surface area (Å²) >= 11 is 0. The lowest BCUT2D eigenvalue weighted by Crippen LogP contribution is -2.35. The maximum atomic E-state index is 13.4. The number of rotatable bonds is 6. The first-order valence-electron chi connectivity index (χ1n) is 8.60. The molecule has 0 spiro atoms. The summed E-state index contributed by atoms with van der Waals surface area (Å²) in [6.45, 7) is 4.31. The maximum absolute atomic E-state index is 13.4. The normalized spacial score (nSPS) is 24.0. The number of hydrogen-bond acceptors (Lipinski definition) is 1. The first-order chi connectivity index (χ1) is 10.1. The standard InChI is InChI=1S/C19H30FN/c1-3-4-5-15-7-9-16(10-8-15)19(21)13-17-12-18(20)11-6-14(17)2/h6,11-12,15-16,19H,3-5,7-10,13,21H2,1-2H3. The lowest BCUT2D eigenvalue weighted by atomic mass is 9.76. The Morgan fingerprint density at radius 2 is 1.95 bits per heavy atom. The van der Waals surface area contributed by atoms with Crippen molar-refractivity contribution in [1.29, 1.82) is 0 Å². The van der Waals surface area contributed by atoms with Gasteiger partial charge < -0.3 is 5.73 Å². The van der Waals surface area contributed by atoms with Crippen molar-refractivity contribution in [3.63, 3.8) is 0 Å². The summed E-state index contributed by atoms with van der Waals surface area (Å²) in [6.07, 6.45) is 10.0. The topological polar surface area (TPSA) is 26.0 Å². The van der Waals surface area contributed by atoms with Crippen LogP contribution in [-0.4, -0.2) is 6.04 Å². The zero-order valence-corrected chi connectivity index (χ0v) is 13.6. The van der Waals surface area contributed by atoms with E-state index in [4.69, 9.17) is 5.73 Å². The number of halogens is 1. The van der Waals surface area contributed by atoms with Gasteiger partial charge in [-0.25, -0.2) is 4.39 Å². The summed E-state index contributed by atoms with van der Waals surface area (Å²) in [5, 5.41) is 0. The quantitative estimate of drug-likeness (QED) is 0.784. The number of hydrogen-bond donors (Lipinski definition) is 1. The van der Waals surface area contributed by atoms with Crippen LogP contribution in [0.1, 0.15) is 63.0 Å². The first-order valence-corrected chi connectivity index (χ1v) is 8.60. The average molecular weight is 291 g/mol. The third-order valence-electron chi connectivity index (χ3n) is 5.23. The highest BCUT2D eigenvalue weighted by molar-refractivity contribution is 5.27. The van der Waals surface area contributed by atoms with Crippen LogP contribution >= 0.6 is 0 Å². The predicted octanol–water partition coefficient (Wildman–Crippen LogP) is 5.00. The highest BCUT2D eigenvalue weighted by Gasteiger charge is 2.25. The molecular formula is C19H30FN. The second kappa shape index (κ2) is 7.93. The van der Waals surface area contributed by atoms with E-state index in [1.807, 2.05) is 13.0 Å². The smallest absolute Gasteiger partial charge is 0.123 e. The Hall–Kier alpha value is -0.890.